The van der Waals surface area contributed by atoms with Gasteiger partial charge in [0.05, 0.1) is 0 Å². The lowest BCUT2D eigenvalue weighted by molar-refractivity contribution is 0.0217. The summed E-state index contributed by atoms with van der Waals surface area (Å²) in [5, 5.41) is 4.08. The Labute approximate surface area is 125 Å². The zero-order valence-corrected chi connectivity index (χ0v) is 13.3. The van der Waals surface area contributed by atoms with E-state index in [9.17, 15) is 0 Å². The van der Waals surface area contributed by atoms with Crippen molar-refractivity contribution in [3.63, 3.8) is 0 Å². The van der Waals surface area contributed by atoms with Crippen molar-refractivity contribution in [1.82, 2.24) is 10.1 Å². The molecule has 1 aromatic heterocycles. The van der Waals surface area contributed by atoms with Crippen molar-refractivity contribution < 1.29 is 9.26 Å². The van der Waals surface area contributed by atoms with Gasteiger partial charge in [0.1, 0.15) is 6.10 Å². The van der Waals surface area contributed by atoms with Gasteiger partial charge in [-0.2, -0.15) is 4.98 Å². The van der Waals surface area contributed by atoms with Gasteiger partial charge in [0, 0.05) is 17.9 Å². The molecule has 1 heterocycles. The van der Waals surface area contributed by atoms with Crippen LogP contribution in [0.15, 0.2) is 16.7 Å². The standard InChI is InChI=1S/C16H23N3O2/c1-6-20-14(9(2)3)15-18-16(21-19-15)13-8-12(17)7-10(4)11(13)5/h7-9,14H,6,17H2,1-5H3. The van der Waals surface area contributed by atoms with Crippen molar-refractivity contribution in [1.29, 1.82) is 0 Å². The van der Waals surface area contributed by atoms with Crippen LogP contribution in [-0.4, -0.2) is 16.7 Å². The Bertz CT molecular complexity index is 620. The molecule has 21 heavy (non-hydrogen) atoms. The number of hydrogen-bond donors (Lipinski definition) is 1. The lowest BCUT2D eigenvalue weighted by Gasteiger charge is -2.16. The first-order chi connectivity index (χ1) is 9.93. The first kappa shape index (κ1) is 15.5. The van der Waals surface area contributed by atoms with Crippen molar-refractivity contribution in [2.24, 2.45) is 5.92 Å². The normalized spacial score (nSPS) is 12.9. The fourth-order valence-corrected chi connectivity index (χ4v) is 2.31. The molecule has 0 aliphatic rings. The molecule has 0 saturated carbocycles. The van der Waals surface area contributed by atoms with Crippen LogP contribution in [0.3, 0.4) is 0 Å². The maximum absolute atomic E-state index is 5.91. The molecule has 0 amide bonds. The molecule has 0 aliphatic heterocycles. The van der Waals surface area contributed by atoms with E-state index in [0.29, 0.717) is 24.0 Å². The van der Waals surface area contributed by atoms with Crippen molar-refractivity contribution in [2.45, 2.75) is 40.7 Å². The molecule has 0 saturated heterocycles. The van der Waals surface area contributed by atoms with Gasteiger partial charge in [0.2, 0.25) is 5.82 Å². The first-order valence-electron chi connectivity index (χ1n) is 7.26. The summed E-state index contributed by atoms with van der Waals surface area (Å²) in [4.78, 5) is 4.51. The Kier molecular flexibility index (Phi) is 4.63. The fraction of sp³-hybridized carbons (Fsp3) is 0.500. The quantitative estimate of drug-likeness (QED) is 0.850. The van der Waals surface area contributed by atoms with Gasteiger partial charge in [0.15, 0.2) is 0 Å². The topological polar surface area (TPSA) is 74.2 Å². The highest BCUT2D eigenvalue weighted by molar-refractivity contribution is 5.66. The van der Waals surface area contributed by atoms with Gasteiger partial charge in [0.25, 0.3) is 5.89 Å². The van der Waals surface area contributed by atoms with E-state index in [2.05, 4.69) is 24.0 Å². The molecule has 0 bridgehead atoms. The SMILES string of the molecule is CCOC(c1noc(-c2cc(N)cc(C)c2C)n1)C(C)C. The minimum Gasteiger partial charge on any atom is -0.399 e. The van der Waals surface area contributed by atoms with Gasteiger partial charge in [-0.15, -0.1) is 0 Å². The van der Waals surface area contributed by atoms with E-state index in [1.165, 1.54) is 0 Å². The largest absolute Gasteiger partial charge is 0.399 e. The number of benzene rings is 1. The first-order valence-corrected chi connectivity index (χ1v) is 7.26. The molecule has 5 nitrogen and oxygen atoms in total. The average Bonchev–Trinajstić information content (AvgIpc) is 2.88. The molecule has 0 aliphatic carbocycles. The van der Waals surface area contributed by atoms with E-state index in [-0.39, 0.29) is 12.0 Å². The zero-order chi connectivity index (χ0) is 15.6. The van der Waals surface area contributed by atoms with Gasteiger partial charge in [-0.3, -0.25) is 0 Å². The molecule has 2 aromatic rings. The molecule has 114 valence electrons. The maximum atomic E-state index is 5.91. The summed E-state index contributed by atoms with van der Waals surface area (Å²) in [6.45, 7) is 10.8. The molecule has 1 atom stereocenters. The van der Waals surface area contributed by atoms with E-state index in [4.69, 9.17) is 15.0 Å². The third-order valence-electron chi connectivity index (χ3n) is 3.57. The fourth-order valence-electron chi connectivity index (χ4n) is 2.31. The summed E-state index contributed by atoms with van der Waals surface area (Å²) in [5.74, 6) is 1.35. The summed E-state index contributed by atoms with van der Waals surface area (Å²) in [5.41, 5.74) is 9.69. The lowest BCUT2D eigenvalue weighted by Crippen LogP contribution is -2.12. The van der Waals surface area contributed by atoms with Gasteiger partial charge in [-0.1, -0.05) is 19.0 Å². The van der Waals surface area contributed by atoms with Crippen molar-refractivity contribution in [2.75, 3.05) is 12.3 Å². The minimum atomic E-state index is -0.157. The highest BCUT2D eigenvalue weighted by Crippen LogP contribution is 2.30. The summed E-state index contributed by atoms with van der Waals surface area (Å²) >= 11 is 0. The van der Waals surface area contributed by atoms with Gasteiger partial charge in [-0.05, 0) is 49.9 Å². The second-order valence-corrected chi connectivity index (χ2v) is 5.59. The number of anilines is 1. The van der Waals surface area contributed by atoms with Crippen molar-refractivity contribution in [3.8, 4) is 11.5 Å². The molecule has 1 unspecified atom stereocenters. The summed E-state index contributed by atoms with van der Waals surface area (Å²) in [6, 6.07) is 3.80. The number of nitrogens with zero attached hydrogens (tertiary/aromatic N) is 2. The summed E-state index contributed by atoms with van der Waals surface area (Å²) in [7, 11) is 0. The Morgan fingerprint density at radius 1 is 1.29 bits per heavy atom. The molecule has 1 aromatic carbocycles. The number of hydrogen-bond acceptors (Lipinski definition) is 5. The highest BCUT2D eigenvalue weighted by atomic mass is 16.5. The predicted molar refractivity (Wildman–Crippen MR) is 82.8 cm³/mol. The van der Waals surface area contributed by atoms with Gasteiger partial charge in [-0.25, -0.2) is 0 Å². The number of nitrogen functional groups attached to an aromatic ring is 1. The average molecular weight is 289 g/mol. The van der Waals surface area contributed by atoms with E-state index in [0.717, 1.165) is 16.7 Å². The van der Waals surface area contributed by atoms with Crippen LogP contribution in [-0.2, 0) is 4.74 Å². The number of rotatable bonds is 5. The Morgan fingerprint density at radius 3 is 2.62 bits per heavy atom. The monoisotopic (exact) mass is 289 g/mol. The Hall–Kier alpha value is -1.88. The van der Waals surface area contributed by atoms with Crippen LogP contribution >= 0.6 is 0 Å². The van der Waals surface area contributed by atoms with Crippen LogP contribution in [0.2, 0.25) is 0 Å². The van der Waals surface area contributed by atoms with Crippen molar-refractivity contribution in [3.05, 3.63) is 29.1 Å². The Balaban J connectivity index is 2.40. The van der Waals surface area contributed by atoms with E-state index >= 15 is 0 Å². The molecule has 0 spiro atoms. The molecule has 0 fully saturated rings. The van der Waals surface area contributed by atoms with Gasteiger partial charge < -0.3 is 15.0 Å². The van der Waals surface area contributed by atoms with E-state index in [1.807, 2.05) is 32.9 Å². The van der Waals surface area contributed by atoms with Crippen molar-refractivity contribution >= 4 is 5.69 Å². The van der Waals surface area contributed by atoms with Gasteiger partial charge >= 0.3 is 0 Å². The van der Waals surface area contributed by atoms with Crippen LogP contribution in [0, 0.1) is 19.8 Å². The highest BCUT2D eigenvalue weighted by Gasteiger charge is 2.23. The minimum absolute atomic E-state index is 0.157. The number of aryl methyl sites for hydroxylation is 1. The van der Waals surface area contributed by atoms with Crippen LogP contribution < -0.4 is 5.73 Å². The Morgan fingerprint density at radius 2 is 2.00 bits per heavy atom. The second kappa shape index (κ2) is 6.26. The molecule has 5 heteroatoms. The number of nitrogens with two attached hydrogens (primary N) is 1. The molecule has 2 rings (SSSR count). The summed E-state index contributed by atoms with van der Waals surface area (Å²) in [6.07, 6.45) is -0.157. The number of aromatic nitrogens is 2. The maximum Gasteiger partial charge on any atom is 0.258 e. The molecule has 0 radical (unpaired) electrons. The second-order valence-electron chi connectivity index (χ2n) is 5.59. The zero-order valence-electron chi connectivity index (χ0n) is 13.3. The predicted octanol–water partition coefficient (Wildman–Crippen LogP) is 3.67. The third kappa shape index (κ3) is 3.24. The smallest absolute Gasteiger partial charge is 0.258 e. The molecular weight excluding hydrogens is 266 g/mol. The molecule has 2 N–H and O–H groups in total. The molecular formula is C16H23N3O2. The third-order valence-corrected chi connectivity index (χ3v) is 3.57. The van der Waals surface area contributed by atoms with Crippen LogP contribution in [0.5, 0.6) is 0 Å². The number of ether oxygens (including phenoxy) is 1. The lowest BCUT2D eigenvalue weighted by atomic mass is 10.0. The van der Waals surface area contributed by atoms with E-state index in [1.54, 1.807) is 0 Å². The van der Waals surface area contributed by atoms with E-state index < -0.39 is 0 Å². The van der Waals surface area contributed by atoms with Crippen LogP contribution in [0.25, 0.3) is 11.5 Å². The summed E-state index contributed by atoms with van der Waals surface area (Å²) < 4.78 is 11.1. The van der Waals surface area contributed by atoms with Crippen LogP contribution in [0.4, 0.5) is 5.69 Å². The van der Waals surface area contributed by atoms with Crippen LogP contribution in [0.1, 0.15) is 43.8 Å².